The molecule has 2 atom stereocenters. The first-order chi connectivity index (χ1) is 17.3. The molecule has 6 heteroatoms. The number of ether oxygens (including phenoxy) is 2. The van der Waals surface area contributed by atoms with E-state index in [4.69, 9.17) is 14.5 Å². The van der Waals surface area contributed by atoms with Gasteiger partial charge in [-0.15, -0.1) is 0 Å². The summed E-state index contributed by atoms with van der Waals surface area (Å²) < 4.78 is 15.3. The van der Waals surface area contributed by atoms with Gasteiger partial charge in [0.15, 0.2) is 4.80 Å². The minimum Gasteiger partial charge on any atom is -0.493 e. The first-order valence-corrected chi connectivity index (χ1v) is 14.8. The van der Waals surface area contributed by atoms with Crippen LogP contribution in [0.15, 0.2) is 29.3 Å². The fourth-order valence-corrected chi connectivity index (χ4v) is 5.48. The highest BCUT2D eigenvalue weighted by molar-refractivity contribution is 7.16. The molecule has 0 spiro atoms. The number of fused-ring (bicyclic) bond motifs is 1. The summed E-state index contributed by atoms with van der Waals surface area (Å²) in [5.41, 5.74) is 2.77. The lowest BCUT2D eigenvalue weighted by molar-refractivity contribution is -0.138. The van der Waals surface area contributed by atoms with Crippen LogP contribution in [0.1, 0.15) is 91.5 Å². The van der Waals surface area contributed by atoms with Gasteiger partial charge in [0.05, 0.1) is 23.4 Å². The molecule has 2 aromatic rings. The molecule has 2 rings (SSSR count). The predicted molar refractivity (Wildman–Crippen MR) is 153 cm³/mol. The van der Waals surface area contributed by atoms with Crippen molar-refractivity contribution in [2.75, 3.05) is 19.8 Å². The van der Waals surface area contributed by atoms with Crippen LogP contribution in [0, 0.1) is 18.8 Å². The summed E-state index contributed by atoms with van der Waals surface area (Å²) in [6, 6.07) is 4.46. The van der Waals surface area contributed by atoms with Gasteiger partial charge in [-0.25, -0.2) is 4.79 Å². The van der Waals surface area contributed by atoms with Crippen molar-refractivity contribution in [1.29, 1.82) is 0 Å². The number of aromatic nitrogens is 1. The zero-order valence-corrected chi connectivity index (χ0v) is 24.3. The van der Waals surface area contributed by atoms with Crippen LogP contribution in [0.3, 0.4) is 0 Å². The van der Waals surface area contributed by atoms with E-state index in [1.807, 2.05) is 0 Å². The van der Waals surface area contributed by atoms with Crippen molar-refractivity contribution in [1.82, 2.24) is 4.57 Å². The molecular weight excluding hydrogens is 468 g/mol. The molecule has 0 fully saturated rings. The fraction of sp³-hybridized carbons (Fsp3) is 0.667. The van der Waals surface area contributed by atoms with E-state index in [-0.39, 0.29) is 12.6 Å². The molecule has 2 unspecified atom stereocenters. The van der Waals surface area contributed by atoms with Gasteiger partial charge < -0.3 is 14.0 Å². The summed E-state index contributed by atoms with van der Waals surface area (Å²) in [6.45, 7) is 18.9. The summed E-state index contributed by atoms with van der Waals surface area (Å²) in [4.78, 5) is 17.6. The highest BCUT2D eigenvalue weighted by atomic mass is 32.1. The Morgan fingerprint density at radius 2 is 1.75 bits per heavy atom. The second-order valence-electron chi connectivity index (χ2n) is 10.0. The summed E-state index contributed by atoms with van der Waals surface area (Å²) in [5.74, 6) is 1.82. The number of carbonyl (C=O) groups excluding carboxylic acids is 1. The van der Waals surface area contributed by atoms with Crippen LogP contribution < -0.4 is 9.54 Å². The predicted octanol–water partition coefficient (Wildman–Crippen LogP) is 7.84. The monoisotopic (exact) mass is 516 g/mol. The number of hydrogen-bond donors (Lipinski definition) is 0. The van der Waals surface area contributed by atoms with Gasteiger partial charge in [0, 0.05) is 18.2 Å². The number of aryl methyl sites for hydroxylation is 1. The third-order valence-electron chi connectivity index (χ3n) is 6.90. The molecule has 0 radical (unpaired) electrons. The molecule has 0 bridgehead atoms. The van der Waals surface area contributed by atoms with Gasteiger partial charge in [-0.05, 0) is 50.2 Å². The number of unbranched alkanes of at least 4 members (excludes halogenated alkanes) is 2. The number of carbonyl (C=O) groups is 1. The van der Waals surface area contributed by atoms with Crippen LogP contribution in [0.5, 0.6) is 5.75 Å². The van der Waals surface area contributed by atoms with E-state index in [9.17, 15) is 4.79 Å². The number of thiazole rings is 1. The van der Waals surface area contributed by atoms with Crippen molar-refractivity contribution in [3.05, 3.63) is 34.6 Å². The molecule has 0 aliphatic carbocycles. The normalized spacial score (nSPS) is 13.7. The Labute approximate surface area is 222 Å². The first kappa shape index (κ1) is 30.1. The maximum absolute atomic E-state index is 11.7. The van der Waals surface area contributed by atoms with Gasteiger partial charge in [0.25, 0.3) is 0 Å². The fourth-order valence-electron chi connectivity index (χ4n) is 4.33. The Morgan fingerprint density at radius 3 is 2.36 bits per heavy atom. The van der Waals surface area contributed by atoms with E-state index in [0.29, 0.717) is 24.0 Å². The summed E-state index contributed by atoms with van der Waals surface area (Å²) in [5, 5.41) is 0. The molecule has 202 valence electrons. The van der Waals surface area contributed by atoms with Gasteiger partial charge in [0.1, 0.15) is 12.4 Å². The molecule has 0 aliphatic heterocycles. The van der Waals surface area contributed by atoms with Crippen molar-refractivity contribution in [3.8, 4) is 5.75 Å². The van der Waals surface area contributed by atoms with Gasteiger partial charge >= 0.3 is 5.97 Å². The Kier molecular flexibility index (Phi) is 13.3. The van der Waals surface area contributed by atoms with Crippen LogP contribution in [-0.2, 0) is 16.1 Å². The Balaban J connectivity index is 2.36. The van der Waals surface area contributed by atoms with Gasteiger partial charge in [-0.1, -0.05) is 84.1 Å². The number of hydrogen-bond acceptors (Lipinski definition) is 5. The van der Waals surface area contributed by atoms with E-state index in [2.05, 4.69) is 57.9 Å². The van der Waals surface area contributed by atoms with E-state index in [0.717, 1.165) is 36.5 Å². The maximum Gasteiger partial charge on any atom is 0.333 e. The van der Waals surface area contributed by atoms with Crippen molar-refractivity contribution < 1.29 is 14.3 Å². The van der Waals surface area contributed by atoms with Crippen LogP contribution in [0.4, 0.5) is 0 Å². The lowest BCUT2D eigenvalue weighted by atomic mass is 9.99. The molecular formula is C30H48N2O3S. The zero-order chi connectivity index (χ0) is 26.5. The minimum absolute atomic E-state index is 0.260. The maximum atomic E-state index is 11.7. The van der Waals surface area contributed by atoms with Crippen LogP contribution in [0.25, 0.3) is 10.2 Å². The molecule has 1 aromatic heterocycles. The Morgan fingerprint density at radius 1 is 1.08 bits per heavy atom. The third kappa shape index (κ3) is 9.10. The topological polar surface area (TPSA) is 52.8 Å². The zero-order valence-electron chi connectivity index (χ0n) is 23.5. The lowest BCUT2D eigenvalue weighted by Gasteiger charge is -2.18. The van der Waals surface area contributed by atoms with Gasteiger partial charge in [0.2, 0.25) is 0 Å². The van der Waals surface area contributed by atoms with Crippen molar-refractivity contribution in [2.45, 2.75) is 99.5 Å². The standard InChI is InChI=1S/C30H48N2O3S/c1-8-12-14-24(10-3)20-32-26-19-27(35-21-25(11-4)15-13-9-2)23(7)18-28(26)36-30(32)31-16-17-34-29(33)22(5)6/h18-19,24-25H,5,8-17,20-21H2,1-4,6-7H3. The highest BCUT2D eigenvalue weighted by Crippen LogP contribution is 2.29. The second-order valence-corrected chi connectivity index (χ2v) is 11.0. The van der Waals surface area contributed by atoms with E-state index >= 15 is 0 Å². The first-order valence-electron chi connectivity index (χ1n) is 13.9. The van der Waals surface area contributed by atoms with Crippen molar-refractivity contribution in [2.24, 2.45) is 16.8 Å². The summed E-state index contributed by atoms with van der Waals surface area (Å²) >= 11 is 1.71. The smallest absolute Gasteiger partial charge is 0.333 e. The molecule has 0 amide bonds. The minimum atomic E-state index is -0.359. The lowest BCUT2D eigenvalue weighted by Crippen LogP contribution is -2.21. The molecule has 0 N–H and O–H groups in total. The van der Waals surface area contributed by atoms with E-state index in [1.54, 1.807) is 18.3 Å². The highest BCUT2D eigenvalue weighted by Gasteiger charge is 2.16. The van der Waals surface area contributed by atoms with Crippen molar-refractivity contribution >= 4 is 27.5 Å². The van der Waals surface area contributed by atoms with Crippen LogP contribution in [-0.4, -0.2) is 30.3 Å². The quantitative estimate of drug-likeness (QED) is 0.122. The number of nitrogens with zero attached hydrogens (tertiary/aromatic N) is 2. The summed E-state index contributed by atoms with van der Waals surface area (Å²) in [7, 11) is 0. The Bertz CT molecular complexity index is 1040. The second kappa shape index (κ2) is 15.9. The van der Waals surface area contributed by atoms with Crippen molar-refractivity contribution in [3.63, 3.8) is 0 Å². The largest absolute Gasteiger partial charge is 0.493 e. The Hall–Kier alpha value is -2.08. The average Bonchev–Trinajstić information content (AvgIpc) is 3.19. The van der Waals surface area contributed by atoms with E-state index < -0.39 is 0 Å². The number of esters is 1. The molecule has 1 heterocycles. The molecule has 0 saturated carbocycles. The molecule has 0 aliphatic rings. The van der Waals surface area contributed by atoms with Crippen LogP contribution >= 0.6 is 11.3 Å². The van der Waals surface area contributed by atoms with Gasteiger partial charge in [-0.3, -0.25) is 4.99 Å². The molecule has 36 heavy (non-hydrogen) atoms. The van der Waals surface area contributed by atoms with Crippen LogP contribution in [0.2, 0.25) is 0 Å². The number of rotatable bonds is 17. The SMILES string of the molecule is C=C(C)C(=O)OCCN=c1sc2cc(C)c(OCC(CC)CCCC)cc2n1CC(CC)CCCC. The molecule has 1 aromatic carbocycles. The molecule has 0 saturated heterocycles. The number of benzene rings is 1. The van der Waals surface area contributed by atoms with Gasteiger partial charge in [-0.2, -0.15) is 0 Å². The summed E-state index contributed by atoms with van der Waals surface area (Å²) in [6.07, 6.45) is 9.68. The molecule has 5 nitrogen and oxygen atoms in total. The average molecular weight is 517 g/mol. The van der Waals surface area contributed by atoms with E-state index in [1.165, 1.54) is 54.3 Å². The third-order valence-corrected chi connectivity index (χ3v) is 7.98.